The third-order valence-corrected chi connectivity index (χ3v) is 3.26. The van der Waals surface area contributed by atoms with E-state index in [0.29, 0.717) is 19.1 Å². The number of rotatable bonds is 3. The van der Waals surface area contributed by atoms with E-state index in [1.54, 1.807) is 11.1 Å². The van der Waals surface area contributed by atoms with Gasteiger partial charge >= 0.3 is 6.09 Å². The second-order valence-electron chi connectivity index (χ2n) is 5.37. The second-order valence-corrected chi connectivity index (χ2v) is 5.37. The predicted molar refractivity (Wildman–Crippen MR) is 69.3 cm³/mol. The fourth-order valence-electron chi connectivity index (χ4n) is 2.18. The molecule has 1 aliphatic rings. The van der Waals surface area contributed by atoms with E-state index in [1.807, 2.05) is 13.8 Å². The number of hydrogen-bond acceptors (Lipinski definition) is 5. The van der Waals surface area contributed by atoms with E-state index < -0.39 is 0 Å². The Labute approximate surface area is 112 Å². The molecule has 0 aromatic carbocycles. The maximum Gasteiger partial charge on any atom is 0.411 e. The number of amides is 1. The van der Waals surface area contributed by atoms with Crippen molar-refractivity contribution in [2.24, 2.45) is 11.7 Å². The minimum atomic E-state index is -0.342. The van der Waals surface area contributed by atoms with Crippen LogP contribution in [0.3, 0.4) is 0 Å². The molecule has 19 heavy (non-hydrogen) atoms. The van der Waals surface area contributed by atoms with Crippen LogP contribution in [0.2, 0.25) is 0 Å². The smallest absolute Gasteiger partial charge is 0.411 e. The summed E-state index contributed by atoms with van der Waals surface area (Å²) in [7, 11) is 0. The number of likely N-dealkylation sites (tertiary alicyclic amines) is 1. The molecule has 0 aliphatic carbocycles. The van der Waals surface area contributed by atoms with Crippen LogP contribution in [0, 0.1) is 5.92 Å². The Morgan fingerprint density at radius 1 is 1.63 bits per heavy atom. The predicted octanol–water partition coefficient (Wildman–Crippen LogP) is 1.93. The molecule has 1 amide bonds. The maximum atomic E-state index is 12.0. The lowest BCUT2D eigenvalue weighted by atomic mass is 9.94. The summed E-state index contributed by atoms with van der Waals surface area (Å²) in [5.41, 5.74) is 5.98. The molecule has 1 aliphatic heterocycles. The van der Waals surface area contributed by atoms with Gasteiger partial charge in [-0.1, -0.05) is 13.8 Å². The van der Waals surface area contributed by atoms with Crippen molar-refractivity contribution in [2.75, 3.05) is 13.2 Å². The van der Waals surface area contributed by atoms with E-state index >= 15 is 0 Å². The van der Waals surface area contributed by atoms with Crippen LogP contribution in [-0.4, -0.2) is 35.3 Å². The zero-order chi connectivity index (χ0) is 13.8. The highest BCUT2D eigenvalue weighted by molar-refractivity contribution is 5.68. The number of ether oxygens (including phenoxy) is 1. The summed E-state index contributed by atoms with van der Waals surface area (Å²) in [5.74, 6) is 1.26. The Kier molecular flexibility index (Phi) is 4.42. The first-order valence-corrected chi connectivity index (χ1v) is 6.65. The van der Waals surface area contributed by atoms with Gasteiger partial charge in [-0.05, 0) is 18.8 Å². The van der Waals surface area contributed by atoms with Gasteiger partial charge in [0.2, 0.25) is 0 Å². The van der Waals surface area contributed by atoms with Crippen molar-refractivity contribution in [1.29, 1.82) is 0 Å². The number of nitrogens with two attached hydrogens (primary N) is 1. The average molecular weight is 267 g/mol. The molecular weight excluding hydrogens is 246 g/mol. The lowest BCUT2D eigenvalue weighted by Crippen LogP contribution is -2.51. The van der Waals surface area contributed by atoms with Crippen molar-refractivity contribution in [3.8, 4) is 0 Å². The molecule has 2 rings (SSSR count). The molecule has 1 fully saturated rings. The highest BCUT2D eigenvalue weighted by Gasteiger charge is 2.32. The van der Waals surface area contributed by atoms with Crippen molar-refractivity contribution in [3.05, 3.63) is 18.4 Å². The highest BCUT2D eigenvalue weighted by Crippen LogP contribution is 2.28. The van der Waals surface area contributed by atoms with Crippen LogP contribution < -0.4 is 5.73 Å². The van der Waals surface area contributed by atoms with Gasteiger partial charge in [-0.25, -0.2) is 9.78 Å². The van der Waals surface area contributed by atoms with Crippen molar-refractivity contribution < 1.29 is 13.9 Å². The lowest BCUT2D eigenvalue weighted by Gasteiger charge is -2.36. The Bertz CT molecular complexity index is 405. The number of nitrogens with zero attached hydrogens (tertiary/aromatic N) is 2. The van der Waals surface area contributed by atoms with Crippen molar-refractivity contribution >= 4 is 6.09 Å². The zero-order valence-corrected chi connectivity index (χ0v) is 11.4. The molecule has 0 saturated carbocycles. The number of oxazole rings is 1. The van der Waals surface area contributed by atoms with E-state index in [2.05, 4.69) is 4.98 Å². The van der Waals surface area contributed by atoms with Gasteiger partial charge in [0.15, 0.2) is 6.39 Å². The average Bonchev–Trinajstić information content (AvgIpc) is 2.90. The normalized spacial score (nSPS) is 23.7. The molecule has 6 nitrogen and oxygen atoms in total. The SMILES string of the molecule is CC(C)COC(=O)N1CC(c2cnco2)CCC1N. The molecule has 1 saturated heterocycles. The van der Waals surface area contributed by atoms with E-state index in [-0.39, 0.29) is 18.2 Å². The van der Waals surface area contributed by atoms with E-state index in [9.17, 15) is 4.79 Å². The summed E-state index contributed by atoms with van der Waals surface area (Å²) in [6, 6.07) is 0. The molecule has 1 aromatic rings. The van der Waals surface area contributed by atoms with Crippen LogP contribution in [0.5, 0.6) is 0 Å². The van der Waals surface area contributed by atoms with Crippen LogP contribution >= 0.6 is 0 Å². The molecule has 0 spiro atoms. The number of carbonyl (C=O) groups is 1. The molecule has 0 radical (unpaired) electrons. The summed E-state index contributed by atoms with van der Waals surface area (Å²) in [6.45, 7) is 4.93. The van der Waals surface area contributed by atoms with Crippen molar-refractivity contribution in [2.45, 2.75) is 38.8 Å². The van der Waals surface area contributed by atoms with E-state index in [0.717, 1.165) is 18.6 Å². The highest BCUT2D eigenvalue weighted by atomic mass is 16.6. The Hall–Kier alpha value is -1.56. The molecular formula is C13H21N3O3. The van der Waals surface area contributed by atoms with Gasteiger partial charge in [-0.3, -0.25) is 4.90 Å². The van der Waals surface area contributed by atoms with Crippen LogP contribution in [0.25, 0.3) is 0 Å². The summed E-state index contributed by atoms with van der Waals surface area (Å²) in [5, 5.41) is 0. The molecule has 2 atom stereocenters. The summed E-state index contributed by atoms with van der Waals surface area (Å²) in [4.78, 5) is 17.5. The minimum absolute atomic E-state index is 0.147. The summed E-state index contributed by atoms with van der Waals surface area (Å²) in [6.07, 6.45) is 4.11. The monoisotopic (exact) mass is 267 g/mol. The molecule has 2 unspecified atom stereocenters. The standard InChI is InChI=1S/C13H21N3O3/c1-9(2)7-18-13(17)16-6-10(3-4-12(16)14)11-5-15-8-19-11/h5,8-10,12H,3-4,6-7,14H2,1-2H3. The molecule has 106 valence electrons. The Balaban J connectivity index is 1.96. The Morgan fingerprint density at radius 3 is 3.05 bits per heavy atom. The van der Waals surface area contributed by atoms with Crippen LogP contribution in [-0.2, 0) is 4.74 Å². The maximum absolute atomic E-state index is 12.0. The first-order chi connectivity index (χ1) is 9.08. The zero-order valence-electron chi connectivity index (χ0n) is 11.4. The van der Waals surface area contributed by atoms with Gasteiger partial charge in [0, 0.05) is 12.5 Å². The van der Waals surface area contributed by atoms with E-state index in [4.69, 9.17) is 14.9 Å². The van der Waals surface area contributed by atoms with Crippen LogP contribution in [0.4, 0.5) is 4.79 Å². The fourth-order valence-corrected chi connectivity index (χ4v) is 2.18. The quantitative estimate of drug-likeness (QED) is 0.905. The number of carbonyl (C=O) groups excluding carboxylic acids is 1. The molecule has 2 heterocycles. The molecule has 0 bridgehead atoms. The fraction of sp³-hybridized carbons (Fsp3) is 0.692. The minimum Gasteiger partial charge on any atom is -0.449 e. The lowest BCUT2D eigenvalue weighted by molar-refractivity contribution is 0.0605. The molecule has 6 heteroatoms. The van der Waals surface area contributed by atoms with Crippen LogP contribution in [0.1, 0.15) is 38.4 Å². The molecule has 2 N–H and O–H groups in total. The van der Waals surface area contributed by atoms with Gasteiger partial charge in [0.25, 0.3) is 0 Å². The molecule has 1 aromatic heterocycles. The van der Waals surface area contributed by atoms with Crippen molar-refractivity contribution in [1.82, 2.24) is 9.88 Å². The van der Waals surface area contributed by atoms with Crippen LogP contribution in [0.15, 0.2) is 17.0 Å². The first-order valence-electron chi connectivity index (χ1n) is 6.65. The Morgan fingerprint density at radius 2 is 2.42 bits per heavy atom. The summed E-state index contributed by atoms with van der Waals surface area (Å²) < 4.78 is 10.5. The summed E-state index contributed by atoms with van der Waals surface area (Å²) >= 11 is 0. The van der Waals surface area contributed by atoms with Gasteiger partial charge in [-0.15, -0.1) is 0 Å². The number of aromatic nitrogens is 1. The van der Waals surface area contributed by atoms with Gasteiger partial charge in [-0.2, -0.15) is 0 Å². The largest absolute Gasteiger partial charge is 0.449 e. The van der Waals surface area contributed by atoms with Crippen molar-refractivity contribution in [3.63, 3.8) is 0 Å². The number of piperidine rings is 1. The topological polar surface area (TPSA) is 81.6 Å². The first kappa shape index (κ1) is 13.9. The van der Waals surface area contributed by atoms with E-state index in [1.165, 1.54) is 6.39 Å². The van der Waals surface area contributed by atoms with Gasteiger partial charge in [0.1, 0.15) is 5.76 Å². The van der Waals surface area contributed by atoms with Gasteiger partial charge in [0.05, 0.1) is 19.0 Å². The third kappa shape index (κ3) is 3.47. The second kappa shape index (κ2) is 6.06. The third-order valence-electron chi connectivity index (χ3n) is 3.26. The number of hydrogen-bond donors (Lipinski definition) is 1. The van der Waals surface area contributed by atoms with Gasteiger partial charge < -0.3 is 14.9 Å².